The van der Waals surface area contributed by atoms with E-state index in [1.54, 1.807) is 25.3 Å². The van der Waals surface area contributed by atoms with E-state index in [9.17, 15) is 0 Å². The Bertz CT molecular complexity index is 442. The minimum absolute atomic E-state index is 0.00266. The van der Waals surface area contributed by atoms with E-state index < -0.39 is 0 Å². The second-order valence-electron chi connectivity index (χ2n) is 4.58. The summed E-state index contributed by atoms with van der Waals surface area (Å²) in [6.45, 7) is 1.45. The molecule has 1 aromatic carbocycles. The van der Waals surface area contributed by atoms with E-state index in [2.05, 4.69) is 0 Å². The summed E-state index contributed by atoms with van der Waals surface area (Å²) >= 11 is 0. The van der Waals surface area contributed by atoms with Crippen LogP contribution in [0.3, 0.4) is 0 Å². The van der Waals surface area contributed by atoms with Gasteiger partial charge in [0, 0.05) is 24.7 Å². The first-order valence-corrected chi connectivity index (χ1v) is 6.47. The van der Waals surface area contributed by atoms with Crippen molar-refractivity contribution in [2.75, 3.05) is 20.3 Å². The van der Waals surface area contributed by atoms with Crippen molar-refractivity contribution < 1.29 is 14.2 Å². The molecule has 0 spiro atoms. The van der Waals surface area contributed by atoms with Crippen LogP contribution in [0, 0.1) is 5.41 Å². The molecule has 1 atom stereocenters. The molecule has 5 nitrogen and oxygen atoms in total. The summed E-state index contributed by atoms with van der Waals surface area (Å²) in [6.07, 6.45) is 3.45. The molecule has 1 aromatic rings. The molecule has 0 radical (unpaired) electrons. The van der Waals surface area contributed by atoms with Crippen LogP contribution in [0.25, 0.3) is 0 Å². The Morgan fingerprint density at radius 3 is 2.84 bits per heavy atom. The Morgan fingerprint density at radius 2 is 2.21 bits per heavy atom. The van der Waals surface area contributed by atoms with Crippen LogP contribution in [-0.4, -0.2) is 32.3 Å². The lowest BCUT2D eigenvalue weighted by Crippen LogP contribution is -2.13. The highest BCUT2D eigenvalue weighted by atomic mass is 16.5. The molecule has 1 saturated heterocycles. The topological polar surface area (TPSA) is 77.6 Å². The van der Waals surface area contributed by atoms with Gasteiger partial charge in [-0.3, -0.25) is 5.41 Å². The fraction of sp³-hybridized carbons (Fsp3) is 0.500. The lowest BCUT2D eigenvalue weighted by molar-refractivity contribution is 0.0903. The zero-order chi connectivity index (χ0) is 13.7. The fourth-order valence-corrected chi connectivity index (χ4v) is 2.11. The number of ether oxygens (including phenoxy) is 3. The smallest absolute Gasteiger partial charge is 0.123 e. The van der Waals surface area contributed by atoms with Crippen LogP contribution < -0.4 is 15.2 Å². The van der Waals surface area contributed by atoms with Crippen molar-refractivity contribution in [3.05, 3.63) is 23.8 Å². The van der Waals surface area contributed by atoms with Crippen LogP contribution in [0.1, 0.15) is 24.8 Å². The van der Waals surface area contributed by atoms with Gasteiger partial charge in [0.25, 0.3) is 0 Å². The van der Waals surface area contributed by atoms with Crippen LogP contribution in [0.5, 0.6) is 11.5 Å². The molecule has 1 aliphatic rings. The molecule has 104 valence electrons. The number of rotatable bonds is 6. The lowest BCUT2D eigenvalue weighted by atomic mass is 10.2. The Labute approximate surface area is 113 Å². The van der Waals surface area contributed by atoms with E-state index in [4.69, 9.17) is 25.4 Å². The molecular weight excluding hydrogens is 244 g/mol. The van der Waals surface area contributed by atoms with Crippen LogP contribution in [0.4, 0.5) is 0 Å². The number of hydrogen-bond acceptors (Lipinski definition) is 4. The molecule has 0 aliphatic carbocycles. The number of hydrogen-bond donors (Lipinski definition) is 2. The van der Waals surface area contributed by atoms with Crippen molar-refractivity contribution in [3.63, 3.8) is 0 Å². The standard InChI is InChI=1S/C14H20N2O3/c1-17-12-7-10(14(15)16)8-13(9-12)19-6-4-11-3-2-5-18-11/h7-9,11H,2-6H2,1H3,(H3,15,16). The summed E-state index contributed by atoms with van der Waals surface area (Å²) in [7, 11) is 1.58. The summed E-state index contributed by atoms with van der Waals surface area (Å²) in [6, 6.07) is 5.26. The first-order valence-electron chi connectivity index (χ1n) is 6.47. The third kappa shape index (κ3) is 3.86. The van der Waals surface area contributed by atoms with Gasteiger partial charge in [-0.1, -0.05) is 0 Å². The summed E-state index contributed by atoms with van der Waals surface area (Å²) < 4.78 is 16.4. The average molecular weight is 264 g/mol. The summed E-state index contributed by atoms with van der Waals surface area (Å²) in [5.74, 6) is 1.31. The molecule has 0 amide bonds. The highest BCUT2D eigenvalue weighted by molar-refractivity contribution is 5.95. The van der Waals surface area contributed by atoms with Crippen LogP contribution in [-0.2, 0) is 4.74 Å². The van der Waals surface area contributed by atoms with E-state index in [0.29, 0.717) is 29.8 Å². The Balaban J connectivity index is 1.94. The van der Waals surface area contributed by atoms with Gasteiger partial charge in [0.1, 0.15) is 17.3 Å². The first kappa shape index (κ1) is 13.7. The molecule has 1 heterocycles. The lowest BCUT2D eigenvalue weighted by Gasteiger charge is -2.12. The molecule has 2 rings (SSSR count). The SMILES string of the molecule is COc1cc(OCCC2CCCO2)cc(C(=N)N)c1. The third-order valence-corrected chi connectivity index (χ3v) is 3.16. The molecular formula is C14H20N2O3. The Hall–Kier alpha value is -1.75. The molecule has 0 bridgehead atoms. The fourth-order valence-electron chi connectivity index (χ4n) is 2.11. The quantitative estimate of drug-likeness (QED) is 0.608. The van der Waals surface area contributed by atoms with E-state index >= 15 is 0 Å². The van der Waals surface area contributed by atoms with Crippen molar-refractivity contribution in [1.82, 2.24) is 0 Å². The van der Waals surface area contributed by atoms with Gasteiger partial charge in [-0.2, -0.15) is 0 Å². The van der Waals surface area contributed by atoms with Crippen LogP contribution >= 0.6 is 0 Å². The zero-order valence-electron chi connectivity index (χ0n) is 11.1. The normalized spacial score (nSPS) is 18.3. The maximum atomic E-state index is 7.46. The highest BCUT2D eigenvalue weighted by Crippen LogP contribution is 2.23. The number of nitrogens with two attached hydrogens (primary N) is 1. The zero-order valence-corrected chi connectivity index (χ0v) is 11.1. The maximum absolute atomic E-state index is 7.46. The van der Waals surface area contributed by atoms with Gasteiger partial charge in [-0.15, -0.1) is 0 Å². The number of nitrogens with one attached hydrogen (secondary N) is 1. The van der Waals surface area contributed by atoms with Gasteiger partial charge < -0.3 is 19.9 Å². The van der Waals surface area contributed by atoms with E-state index in [0.717, 1.165) is 25.9 Å². The summed E-state index contributed by atoms with van der Waals surface area (Å²) in [5, 5.41) is 7.46. The first-order chi connectivity index (χ1) is 9.19. The summed E-state index contributed by atoms with van der Waals surface area (Å²) in [4.78, 5) is 0. The predicted octanol–water partition coefficient (Wildman–Crippen LogP) is 1.93. The second kappa shape index (κ2) is 6.43. The number of methoxy groups -OCH3 is 1. The molecule has 3 N–H and O–H groups in total. The average Bonchev–Trinajstić information content (AvgIpc) is 2.91. The predicted molar refractivity (Wildman–Crippen MR) is 73.1 cm³/mol. The minimum Gasteiger partial charge on any atom is -0.497 e. The number of amidine groups is 1. The summed E-state index contributed by atoms with van der Waals surface area (Å²) in [5.41, 5.74) is 6.09. The number of benzene rings is 1. The van der Waals surface area contributed by atoms with Crippen molar-refractivity contribution in [1.29, 1.82) is 5.41 Å². The highest BCUT2D eigenvalue weighted by Gasteiger charge is 2.15. The number of nitrogen functional groups attached to an aromatic ring is 1. The Morgan fingerprint density at radius 1 is 1.42 bits per heavy atom. The van der Waals surface area contributed by atoms with Gasteiger partial charge in [-0.25, -0.2) is 0 Å². The molecule has 1 fully saturated rings. The minimum atomic E-state index is 0.00266. The van der Waals surface area contributed by atoms with Crippen molar-refractivity contribution in [2.45, 2.75) is 25.4 Å². The van der Waals surface area contributed by atoms with E-state index in [1.807, 2.05) is 0 Å². The molecule has 1 unspecified atom stereocenters. The van der Waals surface area contributed by atoms with Crippen LogP contribution in [0.2, 0.25) is 0 Å². The molecule has 0 saturated carbocycles. The van der Waals surface area contributed by atoms with E-state index in [1.165, 1.54) is 0 Å². The van der Waals surface area contributed by atoms with Crippen molar-refractivity contribution in [3.8, 4) is 11.5 Å². The molecule has 0 aromatic heterocycles. The maximum Gasteiger partial charge on any atom is 0.123 e. The molecule has 19 heavy (non-hydrogen) atoms. The van der Waals surface area contributed by atoms with Gasteiger partial charge in [-0.05, 0) is 25.0 Å². The molecule has 5 heteroatoms. The van der Waals surface area contributed by atoms with Gasteiger partial charge >= 0.3 is 0 Å². The third-order valence-electron chi connectivity index (χ3n) is 3.16. The molecule has 1 aliphatic heterocycles. The Kier molecular flexibility index (Phi) is 4.63. The van der Waals surface area contributed by atoms with Gasteiger partial charge in [0.15, 0.2) is 0 Å². The van der Waals surface area contributed by atoms with Gasteiger partial charge in [0.2, 0.25) is 0 Å². The van der Waals surface area contributed by atoms with Crippen molar-refractivity contribution >= 4 is 5.84 Å². The largest absolute Gasteiger partial charge is 0.497 e. The monoisotopic (exact) mass is 264 g/mol. The van der Waals surface area contributed by atoms with Crippen molar-refractivity contribution in [2.24, 2.45) is 5.73 Å². The van der Waals surface area contributed by atoms with Crippen LogP contribution in [0.15, 0.2) is 18.2 Å². The van der Waals surface area contributed by atoms with E-state index in [-0.39, 0.29) is 5.84 Å². The second-order valence-corrected chi connectivity index (χ2v) is 4.58. The van der Waals surface area contributed by atoms with Gasteiger partial charge in [0.05, 0.1) is 19.8 Å².